The van der Waals surface area contributed by atoms with Gasteiger partial charge in [0.1, 0.15) is 0 Å². The largest absolute Gasteiger partial charge is 0.395 e. The molecule has 0 amide bonds. The number of nitrogens with zero attached hydrogens (tertiary/aromatic N) is 1. The van der Waals surface area contributed by atoms with Gasteiger partial charge in [0.05, 0.1) is 11.6 Å². The van der Waals surface area contributed by atoms with Gasteiger partial charge in [0.2, 0.25) is 0 Å². The van der Waals surface area contributed by atoms with E-state index in [1.54, 1.807) is 11.3 Å². The molecule has 0 aliphatic heterocycles. The van der Waals surface area contributed by atoms with Crippen molar-refractivity contribution in [1.29, 1.82) is 0 Å². The summed E-state index contributed by atoms with van der Waals surface area (Å²) in [4.78, 5) is 5.68. The topological polar surface area (TPSA) is 45.1 Å². The lowest BCUT2D eigenvalue weighted by molar-refractivity contribution is 0.210. The van der Waals surface area contributed by atoms with Gasteiger partial charge in [-0.2, -0.15) is 0 Å². The molecule has 1 atom stereocenters. The van der Waals surface area contributed by atoms with Crippen molar-refractivity contribution in [2.45, 2.75) is 52.6 Å². The molecule has 4 heteroatoms. The van der Waals surface area contributed by atoms with E-state index in [1.165, 1.54) is 9.88 Å². The molecule has 0 spiro atoms. The van der Waals surface area contributed by atoms with Crippen molar-refractivity contribution in [3.8, 4) is 0 Å². The molecule has 2 N–H and O–H groups in total. The molecule has 0 aromatic carbocycles. The molecule has 1 aromatic heterocycles. The van der Waals surface area contributed by atoms with E-state index in [2.05, 4.69) is 44.9 Å². The lowest BCUT2D eigenvalue weighted by Crippen LogP contribution is -2.36. The molecule has 1 rings (SSSR count). The third-order valence-electron chi connectivity index (χ3n) is 2.74. The minimum absolute atomic E-state index is 0.122. The van der Waals surface area contributed by atoms with Crippen LogP contribution in [0.5, 0.6) is 0 Å². The van der Waals surface area contributed by atoms with Crippen LogP contribution in [-0.2, 0) is 12.0 Å². The van der Waals surface area contributed by atoms with Crippen LogP contribution in [0.15, 0.2) is 6.20 Å². The number of thiazole rings is 1. The Bertz CT molecular complexity index is 341. The van der Waals surface area contributed by atoms with Crippen LogP contribution in [0.4, 0.5) is 0 Å². The molecule has 0 aliphatic carbocycles. The summed E-state index contributed by atoms with van der Waals surface area (Å²) < 4.78 is 0. The zero-order valence-corrected chi connectivity index (χ0v) is 12.3. The Labute approximate surface area is 108 Å². The average molecular weight is 256 g/mol. The van der Waals surface area contributed by atoms with Crippen molar-refractivity contribution in [2.24, 2.45) is 5.92 Å². The molecule has 0 fully saturated rings. The molecular formula is C13H24N2OS. The van der Waals surface area contributed by atoms with Gasteiger partial charge in [-0.1, -0.05) is 34.6 Å². The van der Waals surface area contributed by atoms with Gasteiger partial charge in [0.15, 0.2) is 0 Å². The lowest BCUT2D eigenvalue weighted by atomic mass is 9.98. The van der Waals surface area contributed by atoms with Crippen molar-refractivity contribution in [1.82, 2.24) is 10.3 Å². The van der Waals surface area contributed by atoms with Gasteiger partial charge in [0.25, 0.3) is 0 Å². The van der Waals surface area contributed by atoms with Crippen molar-refractivity contribution < 1.29 is 5.11 Å². The van der Waals surface area contributed by atoms with E-state index in [-0.39, 0.29) is 18.1 Å². The molecule has 0 radical (unpaired) electrons. The summed E-state index contributed by atoms with van der Waals surface area (Å²) >= 11 is 1.75. The Morgan fingerprint density at radius 2 is 2.06 bits per heavy atom. The first-order valence-electron chi connectivity index (χ1n) is 6.14. The third kappa shape index (κ3) is 4.37. The van der Waals surface area contributed by atoms with Crippen molar-refractivity contribution in [2.75, 3.05) is 6.61 Å². The summed E-state index contributed by atoms with van der Waals surface area (Å²) in [7, 11) is 0. The molecule has 1 aromatic rings. The average Bonchev–Trinajstić information content (AvgIpc) is 2.66. The fraction of sp³-hybridized carbons (Fsp3) is 0.769. The molecule has 3 nitrogen and oxygen atoms in total. The standard InChI is InChI=1S/C13H24N2OS/c1-9(2)11(8-16)14-6-10-7-15-12(17-10)13(3,4)5/h7,9,11,14,16H,6,8H2,1-5H3. The second-order valence-electron chi connectivity index (χ2n) is 5.80. The van der Waals surface area contributed by atoms with Crippen LogP contribution < -0.4 is 5.32 Å². The van der Waals surface area contributed by atoms with E-state index in [1.807, 2.05) is 6.20 Å². The maximum Gasteiger partial charge on any atom is 0.0981 e. The van der Waals surface area contributed by atoms with Gasteiger partial charge >= 0.3 is 0 Å². The van der Waals surface area contributed by atoms with Gasteiger partial charge in [-0.25, -0.2) is 4.98 Å². The number of aliphatic hydroxyl groups excluding tert-OH is 1. The highest BCUT2D eigenvalue weighted by Gasteiger charge is 2.18. The minimum Gasteiger partial charge on any atom is -0.395 e. The fourth-order valence-corrected chi connectivity index (χ4v) is 2.40. The van der Waals surface area contributed by atoms with Crippen LogP contribution >= 0.6 is 11.3 Å². The molecule has 0 aliphatic rings. The summed E-state index contributed by atoms with van der Waals surface area (Å²) in [6.07, 6.45) is 1.94. The summed E-state index contributed by atoms with van der Waals surface area (Å²) in [5.41, 5.74) is 0.122. The molecule has 0 saturated carbocycles. The predicted octanol–water partition coefficient (Wildman–Crippen LogP) is 2.55. The van der Waals surface area contributed by atoms with E-state index >= 15 is 0 Å². The second kappa shape index (κ2) is 5.94. The number of hydrogen-bond acceptors (Lipinski definition) is 4. The number of aliphatic hydroxyl groups is 1. The van der Waals surface area contributed by atoms with Crippen LogP contribution in [0, 0.1) is 5.92 Å². The van der Waals surface area contributed by atoms with Crippen LogP contribution in [-0.4, -0.2) is 22.7 Å². The monoisotopic (exact) mass is 256 g/mol. The Hall–Kier alpha value is -0.450. The highest BCUT2D eigenvalue weighted by Crippen LogP contribution is 2.26. The minimum atomic E-state index is 0.122. The van der Waals surface area contributed by atoms with Gasteiger partial charge in [-0.3, -0.25) is 0 Å². The molecule has 0 bridgehead atoms. The number of hydrogen-bond donors (Lipinski definition) is 2. The van der Waals surface area contributed by atoms with Gasteiger partial charge in [0, 0.05) is 29.1 Å². The zero-order valence-electron chi connectivity index (χ0n) is 11.4. The molecule has 0 saturated heterocycles. The number of aromatic nitrogens is 1. The zero-order chi connectivity index (χ0) is 13.1. The summed E-state index contributed by atoms with van der Waals surface area (Å²) in [5, 5.41) is 13.8. The van der Waals surface area contributed by atoms with E-state index < -0.39 is 0 Å². The Morgan fingerprint density at radius 3 is 2.47 bits per heavy atom. The number of nitrogens with one attached hydrogen (secondary N) is 1. The lowest BCUT2D eigenvalue weighted by Gasteiger charge is -2.19. The molecule has 1 unspecified atom stereocenters. The first-order valence-corrected chi connectivity index (χ1v) is 6.95. The predicted molar refractivity (Wildman–Crippen MR) is 73.4 cm³/mol. The number of rotatable bonds is 5. The fourth-order valence-electron chi connectivity index (χ4n) is 1.48. The van der Waals surface area contributed by atoms with Gasteiger partial charge in [-0.05, 0) is 5.92 Å². The van der Waals surface area contributed by atoms with Crippen LogP contribution in [0.3, 0.4) is 0 Å². The van der Waals surface area contributed by atoms with E-state index in [9.17, 15) is 5.11 Å². The van der Waals surface area contributed by atoms with Gasteiger partial charge < -0.3 is 10.4 Å². The molecule has 17 heavy (non-hydrogen) atoms. The molecular weight excluding hydrogens is 232 g/mol. The summed E-state index contributed by atoms with van der Waals surface area (Å²) in [6.45, 7) is 11.7. The Kier molecular flexibility index (Phi) is 5.10. The van der Waals surface area contributed by atoms with Gasteiger partial charge in [-0.15, -0.1) is 11.3 Å². The highest BCUT2D eigenvalue weighted by atomic mass is 32.1. The SMILES string of the molecule is CC(C)C(CO)NCc1cnc(C(C)(C)C)s1. The first kappa shape index (κ1) is 14.6. The Balaban J connectivity index is 2.56. The Morgan fingerprint density at radius 1 is 1.41 bits per heavy atom. The maximum absolute atomic E-state index is 9.23. The molecule has 98 valence electrons. The van der Waals surface area contributed by atoms with Crippen LogP contribution in [0.25, 0.3) is 0 Å². The smallest absolute Gasteiger partial charge is 0.0981 e. The summed E-state index contributed by atoms with van der Waals surface area (Å²) in [6, 6.07) is 0.162. The third-order valence-corrected chi connectivity index (χ3v) is 4.16. The van der Waals surface area contributed by atoms with Crippen molar-refractivity contribution in [3.63, 3.8) is 0 Å². The van der Waals surface area contributed by atoms with E-state index in [0.717, 1.165) is 6.54 Å². The highest BCUT2D eigenvalue weighted by molar-refractivity contribution is 7.11. The van der Waals surface area contributed by atoms with Crippen molar-refractivity contribution in [3.05, 3.63) is 16.1 Å². The second-order valence-corrected chi connectivity index (χ2v) is 6.91. The van der Waals surface area contributed by atoms with E-state index in [4.69, 9.17) is 0 Å². The maximum atomic E-state index is 9.23. The molecule has 1 heterocycles. The quantitative estimate of drug-likeness (QED) is 0.851. The van der Waals surface area contributed by atoms with Crippen LogP contribution in [0.2, 0.25) is 0 Å². The summed E-state index contributed by atoms with van der Waals surface area (Å²) in [5.74, 6) is 0.440. The first-order chi connectivity index (χ1) is 7.84. The van der Waals surface area contributed by atoms with Crippen molar-refractivity contribution >= 4 is 11.3 Å². The van der Waals surface area contributed by atoms with E-state index in [0.29, 0.717) is 5.92 Å². The normalized spacial score (nSPS) is 14.3. The van der Waals surface area contributed by atoms with Crippen LogP contribution in [0.1, 0.15) is 44.5 Å².